The monoisotopic (exact) mass is 197 g/mol. The van der Waals surface area contributed by atoms with Crippen LogP contribution in [0.2, 0.25) is 0 Å². The average Bonchev–Trinajstić information content (AvgIpc) is 2.05. The highest BCUT2D eigenvalue weighted by Crippen LogP contribution is 2.31. The second kappa shape index (κ2) is 3.21. The summed E-state index contributed by atoms with van der Waals surface area (Å²) in [6, 6.07) is 0.867. The van der Waals surface area contributed by atoms with Gasteiger partial charge in [0.25, 0.3) is 0 Å². The van der Waals surface area contributed by atoms with Gasteiger partial charge in [-0.25, -0.2) is 0 Å². The van der Waals surface area contributed by atoms with Crippen LogP contribution in [0.3, 0.4) is 0 Å². The summed E-state index contributed by atoms with van der Waals surface area (Å²) in [5, 5.41) is 2.90. The van der Waals surface area contributed by atoms with Gasteiger partial charge in [0, 0.05) is 25.2 Å². The number of amides is 1. The second-order valence-electron chi connectivity index (χ2n) is 4.89. The Morgan fingerprint density at radius 3 is 2.71 bits per heavy atom. The number of carbonyl (C=O) groups is 1. The molecule has 0 unspecified atom stereocenters. The van der Waals surface area contributed by atoms with Crippen LogP contribution in [0.1, 0.15) is 26.7 Å². The minimum Gasteiger partial charge on any atom is -0.353 e. The van der Waals surface area contributed by atoms with Gasteiger partial charge in [0.05, 0.1) is 5.54 Å². The molecule has 0 atom stereocenters. The Bertz CT molecular complexity index is 246. The van der Waals surface area contributed by atoms with Gasteiger partial charge in [-0.15, -0.1) is 0 Å². The van der Waals surface area contributed by atoms with Crippen LogP contribution in [0.4, 0.5) is 0 Å². The lowest BCUT2D eigenvalue weighted by molar-refractivity contribution is -0.139. The van der Waals surface area contributed by atoms with E-state index < -0.39 is 0 Å². The zero-order valence-corrected chi connectivity index (χ0v) is 8.92. The molecule has 1 aliphatic carbocycles. The first-order valence-electron chi connectivity index (χ1n) is 5.32. The molecular weight excluding hydrogens is 178 g/mol. The van der Waals surface area contributed by atoms with Crippen molar-refractivity contribution in [3.8, 4) is 0 Å². The molecule has 14 heavy (non-hydrogen) atoms. The molecule has 4 heteroatoms. The summed E-state index contributed by atoms with van der Waals surface area (Å²) in [7, 11) is 0. The lowest BCUT2D eigenvalue weighted by Gasteiger charge is -2.50. The number of rotatable bonds is 1. The highest BCUT2D eigenvalue weighted by atomic mass is 16.2. The van der Waals surface area contributed by atoms with Gasteiger partial charge in [0.15, 0.2) is 0 Å². The van der Waals surface area contributed by atoms with Gasteiger partial charge in [-0.1, -0.05) is 0 Å². The highest BCUT2D eigenvalue weighted by molar-refractivity contribution is 5.86. The maximum Gasteiger partial charge on any atom is 0.240 e. The average molecular weight is 197 g/mol. The largest absolute Gasteiger partial charge is 0.353 e. The smallest absolute Gasteiger partial charge is 0.240 e. The maximum atomic E-state index is 11.7. The van der Waals surface area contributed by atoms with Crippen molar-refractivity contribution in [3.63, 3.8) is 0 Å². The number of nitrogens with one attached hydrogen (secondary N) is 1. The Labute approximate surface area is 84.8 Å². The summed E-state index contributed by atoms with van der Waals surface area (Å²) in [5.41, 5.74) is 5.41. The highest BCUT2D eigenvalue weighted by Gasteiger charge is 2.44. The second-order valence-corrected chi connectivity index (χ2v) is 4.89. The number of hydrogen-bond donors (Lipinski definition) is 2. The lowest BCUT2D eigenvalue weighted by Crippen LogP contribution is -2.67. The van der Waals surface area contributed by atoms with Crippen LogP contribution >= 0.6 is 0 Å². The fourth-order valence-electron chi connectivity index (χ4n) is 2.44. The van der Waals surface area contributed by atoms with Gasteiger partial charge < -0.3 is 11.1 Å². The summed E-state index contributed by atoms with van der Waals surface area (Å²) < 4.78 is 0. The fraction of sp³-hybridized carbons (Fsp3) is 0.900. The van der Waals surface area contributed by atoms with Crippen molar-refractivity contribution in [1.82, 2.24) is 10.2 Å². The van der Waals surface area contributed by atoms with E-state index in [1.165, 1.54) is 0 Å². The normalized spacial score (nSPS) is 37.5. The van der Waals surface area contributed by atoms with E-state index in [4.69, 9.17) is 5.73 Å². The van der Waals surface area contributed by atoms with Crippen molar-refractivity contribution in [3.05, 3.63) is 0 Å². The van der Waals surface area contributed by atoms with Gasteiger partial charge in [-0.05, 0) is 26.7 Å². The van der Waals surface area contributed by atoms with E-state index in [-0.39, 0.29) is 11.4 Å². The summed E-state index contributed by atoms with van der Waals surface area (Å²) in [4.78, 5) is 14.0. The summed E-state index contributed by atoms with van der Waals surface area (Å²) in [6.07, 6.45) is 2.08. The van der Waals surface area contributed by atoms with Crippen molar-refractivity contribution in [2.24, 2.45) is 5.73 Å². The molecule has 1 amide bonds. The van der Waals surface area contributed by atoms with Gasteiger partial charge >= 0.3 is 0 Å². The van der Waals surface area contributed by atoms with E-state index in [1.54, 1.807) is 0 Å². The van der Waals surface area contributed by atoms with Crippen molar-refractivity contribution in [2.75, 3.05) is 13.1 Å². The minimum atomic E-state index is -0.358. The first-order valence-corrected chi connectivity index (χ1v) is 5.32. The van der Waals surface area contributed by atoms with Gasteiger partial charge in [0.2, 0.25) is 5.91 Å². The molecule has 0 spiro atoms. The number of nitrogens with two attached hydrogens (primary N) is 1. The molecule has 3 N–H and O–H groups in total. The van der Waals surface area contributed by atoms with Crippen molar-refractivity contribution >= 4 is 5.91 Å². The summed E-state index contributed by atoms with van der Waals surface area (Å²) >= 11 is 0. The van der Waals surface area contributed by atoms with E-state index in [2.05, 4.69) is 10.2 Å². The van der Waals surface area contributed by atoms with Crippen LogP contribution in [0.5, 0.6) is 0 Å². The molecule has 80 valence electrons. The molecule has 1 saturated carbocycles. The molecule has 1 aliphatic heterocycles. The molecule has 0 aromatic rings. The van der Waals surface area contributed by atoms with Crippen LogP contribution < -0.4 is 11.1 Å². The van der Waals surface area contributed by atoms with Crippen molar-refractivity contribution < 1.29 is 4.79 Å². The molecule has 0 aromatic heterocycles. The molecular formula is C10H19N3O. The molecule has 0 radical (unpaired) electrons. The van der Waals surface area contributed by atoms with Crippen LogP contribution in [-0.4, -0.2) is 41.5 Å². The fourth-order valence-corrected chi connectivity index (χ4v) is 2.44. The molecule has 0 bridgehead atoms. The quantitative estimate of drug-likeness (QED) is 0.606. The van der Waals surface area contributed by atoms with Crippen LogP contribution in [0, 0.1) is 0 Å². The zero-order valence-electron chi connectivity index (χ0n) is 8.92. The van der Waals surface area contributed by atoms with E-state index in [9.17, 15) is 4.79 Å². The van der Waals surface area contributed by atoms with E-state index in [1.807, 2.05) is 13.8 Å². The van der Waals surface area contributed by atoms with Gasteiger partial charge in [0.1, 0.15) is 0 Å². The maximum absolute atomic E-state index is 11.7. The molecule has 4 nitrogen and oxygen atoms in total. The Morgan fingerprint density at radius 1 is 1.50 bits per heavy atom. The Kier molecular flexibility index (Phi) is 2.27. The standard InChI is InChI=1S/C10H19N3O/c1-10(2)9(14)12-3-4-13(10)8-5-7(11)6-8/h7-8H,3-6,11H2,1-2H3,(H,12,14). The number of carbonyl (C=O) groups excluding carboxylic acids is 1. The molecule has 2 aliphatic rings. The van der Waals surface area contributed by atoms with Crippen LogP contribution in [0.15, 0.2) is 0 Å². The van der Waals surface area contributed by atoms with E-state index in [0.717, 1.165) is 25.9 Å². The Morgan fingerprint density at radius 2 is 2.14 bits per heavy atom. The molecule has 1 saturated heterocycles. The van der Waals surface area contributed by atoms with Crippen LogP contribution in [0.25, 0.3) is 0 Å². The topological polar surface area (TPSA) is 58.4 Å². The van der Waals surface area contributed by atoms with Crippen molar-refractivity contribution in [1.29, 1.82) is 0 Å². The Balaban J connectivity index is 2.06. The Hall–Kier alpha value is -0.610. The summed E-state index contributed by atoms with van der Waals surface area (Å²) in [6.45, 7) is 5.71. The van der Waals surface area contributed by atoms with E-state index in [0.29, 0.717) is 12.1 Å². The predicted octanol–water partition coefficient (Wildman–Crippen LogP) is -0.313. The van der Waals surface area contributed by atoms with Crippen molar-refractivity contribution in [2.45, 2.75) is 44.3 Å². The first-order chi connectivity index (χ1) is 6.51. The molecule has 1 heterocycles. The number of nitrogens with zero attached hydrogens (tertiary/aromatic N) is 1. The first kappa shape index (κ1) is 9.93. The van der Waals surface area contributed by atoms with Crippen LogP contribution in [-0.2, 0) is 4.79 Å². The third-order valence-corrected chi connectivity index (χ3v) is 3.50. The van der Waals surface area contributed by atoms with E-state index >= 15 is 0 Å². The molecule has 2 fully saturated rings. The SMILES string of the molecule is CC1(C)C(=O)NCCN1C1CC(N)C1. The number of piperazine rings is 1. The summed E-state index contributed by atoms with van der Waals surface area (Å²) in [5.74, 6) is 0.143. The molecule has 0 aromatic carbocycles. The third-order valence-electron chi connectivity index (χ3n) is 3.50. The number of hydrogen-bond acceptors (Lipinski definition) is 3. The van der Waals surface area contributed by atoms with Gasteiger partial charge in [-0.2, -0.15) is 0 Å². The molecule has 2 rings (SSSR count). The van der Waals surface area contributed by atoms with Gasteiger partial charge in [-0.3, -0.25) is 9.69 Å². The third kappa shape index (κ3) is 1.42. The lowest BCUT2D eigenvalue weighted by atomic mass is 9.82. The zero-order chi connectivity index (χ0) is 10.3. The predicted molar refractivity (Wildman–Crippen MR) is 54.8 cm³/mol. The minimum absolute atomic E-state index is 0.143.